The second kappa shape index (κ2) is 5.50. The van der Waals surface area contributed by atoms with Gasteiger partial charge in [0.25, 0.3) is 0 Å². The molecular formula is C11H20N2O3. The summed E-state index contributed by atoms with van der Waals surface area (Å²) in [6.45, 7) is 2.77. The van der Waals surface area contributed by atoms with Gasteiger partial charge in [-0.3, -0.25) is 0 Å². The van der Waals surface area contributed by atoms with Crippen LogP contribution in [-0.2, 0) is 4.74 Å². The molecule has 1 saturated heterocycles. The van der Waals surface area contributed by atoms with Crippen molar-refractivity contribution in [3.05, 3.63) is 0 Å². The van der Waals surface area contributed by atoms with E-state index < -0.39 is 0 Å². The molecule has 2 rings (SSSR count). The minimum Gasteiger partial charge on any atom is -0.396 e. The maximum atomic E-state index is 11.9. The van der Waals surface area contributed by atoms with Crippen molar-refractivity contribution in [3.8, 4) is 0 Å². The predicted molar refractivity (Wildman–Crippen MR) is 59.1 cm³/mol. The van der Waals surface area contributed by atoms with Crippen LogP contribution >= 0.6 is 0 Å². The number of amides is 2. The molecule has 5 heteroatoms. The molecule has 0 spiro atoms. The van der Waals surface area contributed by atoms with Crippen molar-refractivity contribution in [2.75, 3.05) is 32.9 Å². The van der Waals surface area contributed by atoms with Crippen molar-refractivity contribution < 1.29 is 14.6 Å². The first-order chi connectivity index (χ1) is 7.81. The van der Waals surface area contributed by atoms with Crippen LogP contribution < -0.4 is 5.32 Å². The molecule has 2 N–H and O–H groups in total. The number of ether oxygens (including phenoxy) is 1. The standard InChI is InChI=1S/C11H20N2O3/c14-8-9-2-1-3-10(9)12-11(15)13-4-6-16-7-5-13/h9-10,14H,1-8H2,(H,12,15). The van der Waals surface area contributed by atoms with E-state index >= 15 is 0 Å². The lowest BCUT2D eigenvalue weighted by atomic mass is 10.1. The van der Waals surface area contributed by atoms with Crippen LogP contribution in [-0.4, -0.2) is 55.0 Å². The molecular weight excluding hydrogens is 208 g/mol. The molecule has 1 aliphatic heterocycles. The average molecular weight is 228 g/mol. The highest BCUT2D eigenvalue weighted by atomic mass is 16.5. The lowest BCUT2D eigenvalue weighted by Crippen LogP contribution is -2.50. The number of hydrogen-bond acceptors (Lipinski definition) is 3. The van der Waals surface area contributed by atoms with Crippen molar-refractivity contribution in [3.63, 3.8) is 0 Å². The minimum absolute atomic E-state index is 0.00588. The third-order valence-electron chi connectivity index (χ3n) is 3.50. The van der Waals surface area contributed by atoms with Gasteiger partial charge in [0.2, 0.25) is 0 Å². The molecule has 5 nitrogen and oxygen atoms in total. The normalized spacial score (nSPS) is 30.4. The molecule has 16 heavy (non-hydrogen) atoms. The molecule has 2 unspecified atom stereocenters. The summed E-state index contributed by atoms with van der Waals surface area (Å²) in [5.74, 6) is 0.241. The maximum Gasteiger partial charge on any atom is 0.317 e. The zero-order chi connectivity index (χ0) is 11.4. The van der Waals surface area contributed by atoms with E-state index in [0.717, 1.165) is 19.3 Å². The Bertz CT molecular complexity index is 241. The summed E-state index contributed by atoms with van der Waals surface area (Å²) in [7, 11) is 0. The molecule has 0 aromatic heterocycles. The van der Waals surface area contributed by atoms with Crippen molar-refractivity contribution in [1.82, 2.24) is 10.2 Å². The second-order valence-electron chi connectivity index (χ2n) is 4.53. The van der Waals surface area contributed by atoms with Gasteiger partial charge in [0.15, 0.2) is 0 Å². The van der Waals surface area contributed by atoms with Crippen LogP contribution in [0, 0.1) is 5.92 Å². The number of rotatable bonds is 2. The van der Waals surface area contributed by atoms with Gasteiger partial charge in [-0.1, -0.05) is 6.42 Å². The number of morpholine rings is 1. The van der Waals surface area contributed by atoms with Crippen molar-refractivity contribution >= 4 is 6.03 Å². The van der Waals surface area contributed by atoms with E-state index in [2.05, 4.69) is 5.32 Å². The summed E-state index contributed by atoms with van der Waals surface area (Å²) in [5.41, 5.74) is 0. The minimum atomic E-state index is -0.00588. The van der Waals surface area contributed by atoms with Crippen molar-refractivity contribution in [2.24, 2.45) is 5.92 Å². The second-order valence-corrected chi connectivity index (χ2v) is 4.53. The Morgan fingerprint density at radius 3 is 2.81 bits per heavy atom. The quantitative estimate of drug-likeness (QED) is 0.709. The molecule has 2 atom stereocenters. The third-order valence-corrected chi connectivity index (χ3v) is 3.50. The fraction of sp³-hybridized carbons (Fsp3) is 0.909. The first-order valence-corrected chi connectivity index (χ1v) is 6.05. The van der Waals surface area contributed by atoms with E-state index in [4.69, 9.17) is 4.74 Å². The van der Waals surface area contributed by atoms with Crippen LogP contribution in [0.4, 0.5) is 4.79 Å². The predicted octanol–water partition coefficient (Wildman–Crippen LogP) is 0.189. The van der Waals surface area contributed by atoms with Gasteiger partial charge in [0.1, 0.15) is 0 Å². The number of carbonyl (C=O) groups excluding carboxylic acids is 1. The number of nitrogens with one attached hydrogen (secondary N) is 1. The van der Waals surface area contributed by atoms with E-state index in [0.29, 0.717) is 26.3 Å². The Morgan fingerprint density at radius 2 is 2.12 bits per heavy atom. The Morgan fingerprint density at radius 1 is 1.38 bits per heavy atom. The molecule has 1 heterocycles. The maximum absolute atomic E-state index is 11.9. The summed E-state index contributed by atoms with van der Waals surface area (Å²) in [4.78, 5) is 13.7. The zero-order valence-electron chi connectivity index (χ0n) is 9.52. The summed E-state index contributed by atoms with van der Waals surface area (Å²) < 4.78 is 5.20. The van der Waals surface area contributed by atoms with Gasteiger partial charge < -0.3 is 20.1 Å². The molecule has 0 bridgehead atoms. The molecule has 0 aromatic rings. The topological polar surface area (TPSA) is 61.8 Å². The molecule has 2 fully saturated rings. The van der Waals surface area contributed by atoms with E-state index in [9.17, 15) is 9.90 Å². The van der Waals surface area contributed by atoms with Crippen LogP contribution in [0.25, 0.3) is 0 Å². The lowest BCUT2D eigenvalue weighted by Gasteiger charge is -2.29. The molecule has 2 aliphatic rings. The zero-order valence-corrected chi connectivity index (χ0v) is 9.52. The van der Waals surface area contributed by atoms with Crippen molar-refractivity contribution in [1.29, 1.82) is 0 Å². The summed E-state index contributed by atoms with van der Waals surface area (Å²) in [6, 6.07) is 0.147. The highest BCUT2D eigenvalue weighted by Crippen LogP contribution is 2.25. The smallest absolute Gasteiger partial charge is 0.317 e. The van der Waals surface area contributed by atoms with Gasteiger partial charge in [-0.2, -0.15) is 0 Å². The SMILES string of the molecule is O=C(NC1CCCC1CO)N1CCOCC1. The molecule has 0 aromatic carbocycles. The van der Waals surface area contributed by atoms with Crippen LogP contribution in [0.3, 0.4) is 0 Å². The van der Waals surface area contributed by atoms with Gasteiger partial charge in [0, 0.05) is 31.7 Å². The molecule has 1 saturated carbocycles. The largest absolute Gasteiger partial charge is 0.396 e. The number of carbonyl (C=O) groups is 1. The van der Waals surface area contributed by atoms with Crippen molar-refractivity contribution in [2.45, 2.75) is 25.3 Å². The van der Waals surface area contributed by atoms with Crippen LogP contribution in [0.1, 0.15) is 19.3 Å². The number of aliphatic hydroxyl groups is 1. The Kier molecular flexibility index (Phi) is 4.01. The Labute approximate surface area is 95.8 Å². The fourth-order valence-corrected chi connectivity index (χ4v) is 2.46. The number of aliphatic hydroxyl groups excluding tert-OH is 1. The van der Waals surface area contributed by atoms with E-state index in [1.165, 1.54) is 0 Å². The number of nitrogens with zero attached hydrogens (tertiary/aromatic N) is 1. The van der Waals surface area contributed by atoms with Gasteiger partial charge in [-0.15, -0.1) is 0 Å². The van der Waals surface area contributed by atoms with Gasteiger partial charge >= 0.3 is 6.03 Å². The first-order valence-electron chi connectivity index (χ1n) is 6.05. The average Bonchev–Trinajstić information content (AvgIpc) is 2.77. The highest BCUT2D eigenvalue weighted by Gasteiger charge is 2.29. The van der Waals surface area contributed by atoms with E-state index in [1.54, 1.807) is 4.90 Å². The molecule has 1 aliphatic carbocycles. The number of urea groups is 1. The first kappa shape index (κ1) is 11.7. The summed E-state index contributed by atoms with van der Waals surface area (Å²) in [5, 5.41) is 12.2. The molecule has 92 valence electrons. The monoisotopic (exact) mass is 228 g/mol. The van der Waals surface area contributed by atoms with Crippen LogP contribution in [0.5, 0.6) is 0 Å². The van der Waals surface area contributed by atoms with Gasteiger partial charge in [-0.25, -0.2) is 4.79 Å². The van der Waals surface area contributed by atoms with Crippen LogP contribution in [0.2, 0.25) is 0 Å². The van der Waals surface area contributed by atoms with E-state index in [-0.39, 0.29) is 24.6 Å². The lowest BCUT2D eigenvalue weighted by molar-refractivity contribution is 0.0518. The summed E-state index contributed by atoms with van der Waals surface area (Å²) >= 11 is 0. The summed E-state index contributed by atoms with van der Waals surface area (Å²) in [6.07, 6.45) is 3.10. The number of hydrogen-bond donors (Lipinski definition) is 2. The Hall–Kier alpha value is -0.810. The van der Waals surface area contributed by atoms with Crippen LogP contribution in [0.15, 0.2) is 0 Å². The van der Waals surface area contributed by atoms with Gasteiger partial charge in [0.05, 0.1) is 13.2 Å². The van der Waals surface area contributed by atoms with Gasteiger partial charge in [-0.05, 0) is 12.8 Å². The Balaban J connectivity index is 1.81. The third kappa shape index (κ3) is 2.65. The fourth-order valence-electron chi connectivity index (χ4n) is 2.46. The molecule has 2 amide bonds. The highest BCUT2D eigenvalue weighted by molar-refractivity contribution is 5.74. The van der Waals surface area contributed by atoms with E-state index in [1.807, 2.05) is 0 Å². The molecule has 0 radical (unpaired) electrons.